The SMILES string of the molecule is COc1c(/C(C)=C/C(=O)Nc2ccc(C)c(C)c2)cc2c(C)c(C)oc2c1C. The molecule has 3 rings (SSSR count). The lowest BCUT2D eigenvalue weighted by Gasteiger charge is -2.13. The molecule has 146 valence electrons. The number of benzene rings is 2. The minimum atomic E-state index is -0.166. The number of nitrogens with one attached hydrogen (secondary N) is 1. The summed E-state index contributed by atoms with van der Waals surface area (Å²) in [5, 5.41) is 3.99. The first-order valence-electron chi connectivity index (χ1n) is 9.37. The lowest BCUT2D eigenvalue weighted by molar-refractivity contribution is -0.111. The fourth-order valence-electron chi connectivity index (χ4n) is 3.44. The van der Waals surface area contributed by atoms with Crippen molar-refractivity contribution >= 4 is 28.1 Å². The second-order valence-electron chi connectivity index (χ2n) is 7.36. The molecule has 1 amide bonds. The van der Waals surface area contributed by atoms with Gasteiger partial charge in [-0.05, 0) is 82.0 Å². The smallest absolute Gasteiger partial charge is 0.248 e. The van der Waals surface area contributed by atoms with Gasteiger partial charge in [-0.2, -0.15) is 0 Å². The van der Waals surface area contributed by atoms with Gasteiger partial charge in [0.2, 0.25) is 5.91 Å². The highest BCUT2D eigenvalue weighted by Crippen LogP contribution is 2.38. The number of methoxy groups -OCH3 is 1. The number of fused-ring (bicyclic) bond motifs is 1. The molecule has 0 atom stereocenters. The van der Waals surface area contributed by atoms with E-state index >= 15 is 0 Å². The van der Waals surface area contributed by atoms with Gasteiger partial charge in [0, 0.05) is 28.3 Å². The molecule has 4 nitrogen and oxygen atoms in total. The van der Waals surface area contributed by atoms with Crippen LogP contribution in [0, 0.1) is 34.6 Å². The van der Waals surface area contributed by atoms with Crippen LogP contribution in [0.25, 0.3) is 16.5 Å². The highest BCUT2D eigenvalue weighted by Gasteiger charge is 2.18. The summed E-state index contributed by atoms with van der Waals surface area (Å²) in [7, 11) is 1.64. The maximum atomic E-state index is 12.6. The van der Waals surface area contributed by atoms with E-state index in [1.54, 1.807) is 13.2 Å². The van der Waals surface area contributed by atoms with Crippen LogP contribution in [0.15, 0.2) is 34.8 Å². The van der Waals surface area contributed by atoms with Crippen LogP contribution >= 0.6 is 0 Å². The van der Waals surface area contributed by atoms with E-state index in [2.05, 4.69) is 12.2 Å². The van der Waals surface area contributed by atoms with Crippen molar-refractivity contribution in [2.24, 2.45) is 0 Å². The topological polar surface area (TPSA) is 51.5 Å². The number of ether oxygens (including phenoxy) is 1. The van der Waals surface area contributed by atoms with Gasteiger partial charge in [-0.25, -0.2) is 0 Å². The van der Waals surface area contributed by atoms with E-state index in [4.69, 9.17) is 9.15 Å². The minimum Gasteiger partial charge on any atom is -0.496 e. The monoisotopic (exact) mass is 377 g/mol. The molecule has 0 spiro atoms. The van der Waals surface area contributed by atoms with Crippen molar-refractivity contribution in [1.82, 2.24) is 0 Å². The minimum absolute atomic E-state index is 0.166. The molecule has 0 fully saturated rings. The van der Waals surface area contributed by atoms with Gasteiger partial charge in [0.1, 0.15) is 17.1 Å². The van der Waals surface area contributed by atoms with E-state index in [-0.39, 0.29) is 5.91 Å². The Morgan fingerprint density at radius 3 is 2.39 bits per heavy atom. The summed E-state index contributed by atoms with van der Waals surface area (Å²) in [5.74, 6) is 1.46. The predicted octanol–water partition coefficient (Wildman–Crippen LogP) is 6.03. The Bertz CT molecular complexity index is 1100. The van der Waals surface area contributed by atoms with Crippen LogP contribution in [0.5, 0.6) is 5.75 Å². The fourth-order valence-corrected chi connectivity index (χ4v) is 3.44. The molecule has 0 unspecified atom stereocenters. The lowest BCUT2D eigenvalue weighted by Crippen LogP contribution is -2.09. The van der Waals surface area contributed by atoms with Crippen LogP contribution in [-0.2, 0) is 4.79 Å². The molecule has 1 heterocycles. The second kappa shape index (κ2) is 7.55. The summed E-state index contributed by atoms with van der Waals surface area (Å²) in [6, 6.07) is 7.94. The molecule has 4 heteroatoms. The number of furan rings is 1. The number of rotatable bonds is 4. The third-order valence-corrected chi connectivity index (χ3v) is 5.40. The molecule has 0 saturated carbocycles. The number of hydrogen-bond donors (Lipinski definition) is 1. The van der Waals surface area contributed by atoms with Crippen LogP contribution in [0.2, 0.25) is 0 Å². The molecule has 0 aliphatic heterocycles. The Hall–Kier alpha value is -3.01. The quantitative estimate of drug-likeness (QED) is 0.565. The lowest BCUT2D eigenvalue weighted by atomic mass is 9.98. The van der Waals surface area contributed by atoms with Gasteiger partial charge in [-0.3, -0.25) is 4.79 Å². The van der Waals surface area contributed by atoms with Crippen molar-refractivity contribution in [2.75, 3.05) is 12.4 Å². The van der Waals surface area contributed by atoms with E-state index in [1.807, 2.05) is 58.9 Å². The van der Waals surface area contributed by atoms with E-state index in [1.165, 1.54) is 5.56 Å². The Balaban J connectivity index is 1.99. The number of allylic oxidation sites excluding steroid dienone is 1. The third kappa shape index (κ3) is 3.55. The molecule has 1 aromatic heterocycles. The number of hydrogen-bond acceptors (Lipinski definition) is 3. The van der Waals surface area contributed by atoms with E-state index in [0.717, 1.165) is 56.0 Å². The molecule has 3 aromatic rings. The summed E-state index contributed by atoms with van der Waals surface area (Å²) >= 11 is 0. The van der Waals surface area contributed by atoms with Crippen LogP contribution in [0.4, 0.5) is 5.69 Å². The number of carbonyl (C=O) groups is 1. The molecule has 0 aliphatic carbocycles. The number of carbonyl (C=O) groups excluding carboxylic acids is 1. The largest absolute Gasteiger partial charge is 0.496 e. The first-order valence-corrected chi connectivity index (χ1v) is 9.37. The zero-order chi connectivity index (χ0) is 20.6. The molecule has 0 radical (unpaired) electrons. The van der Waals surface area contributed by atoms with E-state index < -0.39 is 0 Å². The molecule has 0 saturated heterocycles. The highest BCUT2D eigenvalue weighted by molar-refractivity contribution is 6.05. The average Bonchev–Trinajstić information content (AvgIpc) is 2.93. The summed E-state index contributed by atoms with van der Waals surface area (Å²) < 4.78 is 11.6. The molecule has 1 N–H and O–H groups in total. The summed E-state index contributed by atoms with van der Waals surface area (Å²) in [4.78, 5) is 12.6. The Morgan fingerprint density at radius 1 is 1.04 bits per heavy atom. The first-order chi connectivity index (χ1) is 13.2. The van der Waals surface area contributed by atoms with Crippen molar-refractivity contribution in [2.45, 2.75) is 41.5 Å². The standard InChI is InChI=1S/C24H27NO3/c1-13-8-9-19(10-14(13)2)25-22(26)11-15(3)20-12-21-16(4)18(6)28-24(21)17(5)23(20)27-7/h8-12H,1-7H3,(H,25,26)/b15-11+. The zero-order valence-corrected chi connectivity index (χ0v) is 17.6. The van der Waals surface area contributed by atoms with Crippen LogP contribution in [-0.4, -0.2) is 13.0 Å². The number of aryl methyl sites for hydroxylation is 5. The van der Waals surface area contributed by atoms with Crippen molar-refractivity contribution in [1.29, 1.82) is 0 Å². The molecule has 28 heavy (non-hydrogen) atoms. The summed E-state index contributed by atoms with van der Waals surface area (Å²) in [6.07, 6.45) is 1.61. The Labute approximate surface area is 166 Å². The number of anilines is 1. The van der Waals surface area contributed by atoms with Crippen molar-refractivity contribution in [3.63, 3.8) is 0 Å². The van der Waals surface area contributed by atoms with E-state index in [9.17, 15) is 4.79 Å². The van der Waals surface area contributed by atoms with Crippen LogP contribution in [0.3, 0.4) is 0 Å². The first kappa shape index (κ1) is 19.7. The molecule has 0 bridgehead atoms. The Kier molecular flexibility index (Phi) is 5.32. The third-order valence-electron chi connectivity index (χ3n) is 5.40. The van der Waals surface area contributed by atoms with Crippen LogP contribution in [0.1, 0.15) is 40.5 Å². The predicted molar refractivity (Wildman–Crippen MR) is 115 cm³/mol. The normalized spacial score (nSPS) is 11.8. The molecule has 2 aromatic carbocycles. The molecule has 0 aliphatic rings. The highest BCUT2D eigenvalue weighted by atomic mass is 16.5. The van der Waals surface area contributed by atoms with Crippen molar-refractivity contribution < 1.29 is 13.9 Å². The van der Waals surface area contributed by atoms with Gasteiger partial charge in [-0.15, -0.1) is 0 Å². The Morgan fingerprint density at radius 2 is 1.75 bits per heavy atom. The summed E-state index contributed by atoms with van der Waals surface area (Å²) in [6.45, 7) is 12.0. The van der Waals surface area contributed by atoms with Gasteiger partial charge in [0.15, 0.2) is 0 Å². The van der Waals surface area contributed by atoms with Gasteiger partial charge < -0.3 is 14.5 Å². The van der Waals surface area contributed by atoms with E-state index in [0.29, 0.717) is 0 Å². The van der Waals surface area contributed by atoms with Gasteiger partial charge in [-0.1, -0.05) is 6.07 Å². The molecular weight excluding hydrogens is 350 g/mol. The van der Waals surface area contributed by atoms with Gasteiger partial charge >= 0.3 is 0 Å². The zero-order valence-electron chi connectivity index (χ0n) is 17.6. The maximum absolute atomic E-state index is 12.6. The maximum Gasteiger partial charge on any atom is 0.248 e. The van der Waals surface area contributed by atoms with Gasteiger partial charge in [0.25, 0.3) is 0 Å². The van der Waals surface area contributed by atoms with Crippen molar-refractivity contribution in [3.8, 4) is 5.75 Å². The van der Waals surface area contributed by atoms with Gasteiger partial charge in [0.05, 0.1) is 7.11 Å². The van der Waals surface area contributed by atoms with Crippen molar-refractivity contribution in [3.05, 3.63) is 63.9 Å². The molecular formula is C24H27NO3. The number of amides is 1. The fraction of sp³-hybridized carbons (Fsp3) is 0.292. The average molecular weight is 377 g/mol. The van der Waals surface area contributed by atoms with Crippen LogP contribution < -0.4 is 10.1 Å². The summed E-state index contributed by atoms with van der Waals surface area (Å²) in [5.41, 5.74) is 7.74. The second-order valence-corrected chi connectivity index (χ2v) is 7.36.